The van der Waals surface area contributed by atoms with Gasteiger partial charge < -0.3 is 0 Å². The van der Waals surface area contributed by atoms with E-state index in [1.54, 1.807) is 28.4 Å². The van der Waals surface area contributed by atoms with Crippen LogP contribution in [0, 0.1) is 12.3 Å². The maximum Gasteiger partial charge on any atom is 0.268 e. The molecule has 6 heteroatoms. The van der Waals surface area contributed by atoms with Gasteiger partial charge in [0, 0.05) is 0 Å². The smallest absolute Gasteiger partial charge is 0.252 e. The number of aryl methyl sites for hydroxylation is 1. The number of aromatic nitrogens is 2. The van der Waals surface area contributed by atoms with Crippen LogP contribution in [0.3, 0.4) is 0 Å². The van der Waals surface area contributed by atoms with Gasteiger partial charge in [0.1, 0.15) is 4.60 Å². The van der Waals surface area contributed by atoms with Crippen molar-refractivity contribution >= 4 is 31.2 Å². The Morgan fingerprint density at radius 3 is 2.32 bits per heavy atom. The van der Waals surface area contributed by atoms with Crippen LogP contribution in [0.5, 0.6) is 0 Å². The quantitative estimate of drug-likeness (QED) is 0.586. The highest BCUT2D eigenvalue weighted by Gasteiger charge is 2.60. The van der Waals surface area contributed by atoms with E-state index < -0.39 is 11.1 Å². The lowest BCUT2D eigenvalue weighted by Gasteiger charge is -2.23. The van der Waals surface area contributed by atoms with E-state index in [2.05, 4.69) is 39.7 Å². The molecule has 124 valence electrons. The summed E-state index contributed by atoms with van der Waals surface area (Å²) in [5.41, 5.74) is -1.71. The molecule has 1 aliphatic carbocycles. The first-order valence-electron chi connectivity index (χ1n) is 7.52. The molecule has 1 fully saturated rings. The van der Waals surface area contributed by atoms with Crippen LogP contribution in [0.15, 0.2) is 16.4 Å². The van der Waals surface area contributed by atoms with Gasteiger partial charge in [0.2, 0.25) is 0 Å². The Morgan fingerprint density at radius 2 is 1.95 bits per heavy atom. The molecule has 0 saturated heterocycles. The molecule has 0 aliphatic heterocycles. The minimum absolute atomic E-state index is 0.523. The fourth-order valence-corrected chi connectivity index (χ4v) is 2.95. The molecule has 1 saturated carbocycles. The Kier molecular flexibility index (Phi) is 7.07. The van der Waals surface area contributed by atoms with E-state index in [1.807, 2.05) is 6.92 Å². The maximum atomic E-state index is 13.6. The molecule has 22 heavy (non-hydrogen) atoms. The summed E-state index contributed by atoms with van der Waals surface area (Å²) in [6, 6.07) is 0. The molecule has 0 amide bonds. The van der Waals surface area contributed by atoms with Crippen molar-refractivity contribution in [3.05, 3.63) is 27.8 Å². The summed E-state index contributed by atoms with van der Waals surface area (Å²) in [5.74, 6) is 0. The van der Waals surface area contributed by atoms with E-state index in [-0.39, 0.29) is 0 Å². The number of alkyl halides is 2. The zero-order valence-electron chi connectivity index (χ0n) is 13.6. The molecule has 2 rings (SSSR count). The van der Waals surface area contributed by atoms with E-state index in [0.29, 0.717) is 28.7 Å². The predicted molar refractivity (Wildman–Crippen MR) is 95.0 cm³/mol. The first kappa shape index (κ1) is 19.6. The molecule has 1 aliphatic rings. The van der Waals surface area contributed by atoms with Gasteiger partial charge in [-0.1, -0.05) is 41.5 Å². The van der Waals surface area contributed by atoms with Crippen LogP contribution in [-0.2, 0) is 0 Å². The van der Waals surface area contributed by atoms with Gasteiger partial charge in [-0.05, 0) is 48.7 Å². The minimum Gasteiger partial charge on any atom is -0.252 e. The summed E-state index contributed by atoms with van der Waals surface area (Å²) in [7, 11) is 1.66. The molecule has 1 unspecified atom stereocenters. The van der Waals surface area contributed by atoms with Crippen LogP contribution in [0.4, 0.5) is 8.78 Å². The molecule has 1 aromatic rings. The van der Waals surface area contributed by atoms with Gasteiger partial charge in [-0.3, -0.25) is 4.98 Å². The van der Waals surface area contributed by atoms with Crippen LogP contribution >= 0.6 is 25.2 Å². The van der Waals surface area contributed by atoms with Crippen molar-refractivity contribution < 1.29 is 8.78 Å². The summed E-state index contributed by atoms with van der Waals surface area (Å²) in [6.07, 6.45) is 6.98. The number of allylic oxidation sites excluding steroid dienone is 1. The fourth-order valence-electron chi connectivity index (χ4n) is 2.06. The molecular formula is C16H24BrF2N2P. The highest BCUT2D eigenvalue weighted by atomic mass is 79.9. The number of rotatable bonds is 4. The van der Waals surface area contributed by atoms with Crippen LogP contribution in [0.2, 0.25) is 0 Å². The van der Waals surface area contributed by atoms with Crippen molar-refractivity contribution in [2.75, 3.05) is 0 Å². The summed E-state index contributed by atoms with van der Waals surface area (Å²) in [4.78, 5) is 8.41. The molecule has 0 aromatic carbocycles. The van der Waals surface area contributed by atoms with Crippen molar-refractivity contribution in [3.8, 4) is 0 Å². The molecule has 0 N–H and O–H groups in total. The van der Waals surface area contributed by atoms with Gasteiger partial charge in [0.15, 0.2) is 0 Å². The van der Waals surface area contributed by atoms with Crippen molar-refractivity contribution in [2.24, 2.45) is 5.41 Å². The molecular weight excluding hydrogens is 369 g/mol. The zero-order valence-corrected chi connectivity index (χ0v) is 16.3. The van der Waals surface area contributed by atoms with Gasteiger partial charge in [0.05, 0.1) is 23.0 Å². The van der Waals surface area contributed by atoms with E-state index in [9.17, 15) is 8.78 Å². The van der Waals surface area contributed by atoms with Crippen LogP contribution in [0.25, 0.3) is 6.08 Å². The highest BCUT2D eigenvalue weighted by Crippen LogP contribution is 2.64. The third kappa shape index (κ3) is 4.79. The van der Waals surface area contributed by atoms with Gasteiger partial charge in [-0.2, -0.15) is 0 Å². The number of nitrogens with zero attached hydrogens (tertiary/aromatic N) is 2. The summed E-state index contributed by atoms with van der Waals surface area (Å²) in [6.45, 7) is 7.92. The lowest BCUT2D eigenvalue weighted by atomic mass is 9.96. The van der Waals surface area contributed by atoms with Gasteiger partial charge in [-0.15, -0.1) is 0 Å². The Labute approximate surface area is 142 Å². The minimum atomic E-state index is -2.76. The Balaban J connectivity index is 0.000000541. The average Bonchev–Trinajstić information content (AvgIpc) is 3.23. The van der Waals surface area contributed by atoms with Crippen molar-refractivity contribution in [3.63, 3.8) is 0 Å². The third-order valence-electron chi connectivity index (χ3n) is 3.95. The second-order valence-corrected chi connectivity index (χ2v) is 7.23. The number of hydrogen-bond donors (Lipinski definition) is 0. The number of unbranched alkanes of at least 4 members (excludes halogenated alkanes) is 1. The topological polar surface area (TPSA) is 25.8 Å². The zero-order chi connectivity index (χ0) is 17.0. The highest BCUT2D eigenvalue weighted by molar-refractivity contribution is 9.10. The van der Waals surface area contributed by atoms with E-state index in [4.69, 9.17) is 0 Å². The lowest BCUT2D eigenvalue weighted by molar-refractivity contribution is 0.0398. The second kappa shape index (κ2) is 7.92. The molecule has 1 heterocycles. The third-order valence-corrected chi connectivity index (χ3v) is 4.89. The normalized spacial score (nSPS) is 16.8. The van der Waals surface area contributed by atoms with Crippen LogP contribution in [-0.4, -0.2) is 15.6 Å². The standard InChI is InChI=1S/C12H14BrF2N2P.C4H10/c1-7(11(3-4-11)12(14,15)18)5-9-8(2)17-10(13)6-16-9;1-3-4-2/h5-6H,3-4,18H2,1-2H3;3-4H2,1-2H3/b7-5+;. The lowest BCUT2D eigenvalue weighted by Crippen LogP contribution is -2.23. The number of halogens is 3. The van der Waals surface area contributed by atoms with E-state index in [0.717, 1.165) is 5.69 Å². The van der Waals surface area contributed by atoms with Crippen molar-refractivity contribution in [2.45, 2.75) is 59.0 Å². The van der Waals surface area contributed by atoms with Crippen LogP contribution in [0.1, 0.15) is 57.8 Å². The number of hydrogen-bond acceptors (Lipinski definition) is 2. The average molecular weight is 393 g/mol. The molecule has 1 aromatic heterocycles. The summed E-state index contributed by atoms with van der Waals surface area (Å²) >= 11 is 3.23. The predicted octanol–water partition coefficient (Wildman–Crippen LogP) is 6.01. The largest absolute Gasteiger partial charge is 0.268 e. The summed E-state index contributed by atoms with van der Waals surface area (Å²) in [5, 5.41) is 0. The van der Waals surface area contributed by atoms with E-state index in [1.165, 1.54) is 12.8 Å². The molecule has 0 spiro atoms. The Hall–Kier alpha value is -0.410. The first-order valence-corrected chi connectivity index (χ1v) is 8.89. The molecule has 2 nitrogen and oxygen atoms in total. The van der Waals surface area contributed by atoms with Crippen molar-refractivity contribution in [1.82, 2.24) is 9.97 Å². The van der Waals surface area contributed by atoms with Gasteiger partial charge in [-0.25, -0.2) is 13.8 Å². The van der Waals surface area contributed by atoms with Crippen molar-refractivity contribution in [1.29, 1.82) is 0 Å². The Morgan fingerprint density at radius 1 is 1.41 bits per heavy atom. The van der Waals surface area contributed by atoms with Gasteiger partial charge >= 0.3 is 0 Å². The first-order chi connectivity index (χ1) is 10.2. The SMILES string of the molecule is C/C(=C\c1ncc(Br)nc1C)C1(C(F)(F)P)CC1.CCCC. The molecule has 1 atom stereocenters. The molecule has 0 bridgehead atoms. The summed E-state index contributed by atoms with van der Waals surface area (Å²) < 4.78 is 27.8. The van der Waals surface area contributed by atoms with Crippen LogP contribution < -0.4 is 0 Å². The monoisotopic (exact) mass is 392 g/mol. The Bertz CT molecular complexity index is 535. The van der Waals surface area contributed by atoms with E-state index >= 15 is 0 Å². The molecule has 0 radical (unpaired) electrons. The fraction of sp³-hybridized carbons (Fsp3) is 0.625. The van der Waals surface area contributed by atoms with Gasteiger partial charge in [0.25, 0.3) is 5.66 Å². The second-order valence-electron chi connectivity index (χ2n) is 5.70. The maximum absolute atomic E-state index is 13.6.